The number of imidazole rings is 1. The van der Waals surface area contributed by atoms with E-state index in [0.29, 0.717) is 23.1 Å². The van der Waals surface area contributed by atoms with E-state index >= 15 is 0 Å². The molecule has 1 unspecified atom stereocenters. The monoisotopic (exact) mass is 382 g/mol. The van der Waals surface area contributed by atoms with E-state index in [1.54, 1.807) is 16.8 Å². The number of anilines is 1. The molecule has 8 nitrogen and oxygen atoms in total. The van der Waals surface area contributed by atoms with Gasteiger partial charge in [0.1, 0.15) is 17.2 Å². The molecule has 142 valence electrons. The number of aromatic amines is 1. The van der Waals surface area contributed by atoms with Crippen LogP contribution in [-0.2, 0) is 0 Å². The van der Waals surface area contributed by atoms with Gasteiger partial charge in [0, 0.05) is 37.6 Å². The minimum atomic E-state index is -2.66. The Morgan fingerprint density at radius 3 is 2.89 bits per heavy atom. The predicted molar refractivity (Wildman–Crippen MR) is 97.1 cm³/mol. The van der Waals surface area contributed by atoms with E-state index in [1.807, 2.05) is 18.3 Å². The fourth-order valence-corrected chi connectivity index (χ4v) is 3.54. The lowest BCUT2D eigenvalue weighted by atomic mass is 10.1. The highest BCUT2D eigenvalue weighted by Crippen LogP contribution is 2.29. The molecule has 1 atom stereocenters. The molecule has 1 fully saturated rings. The van der Waals surface area contributed by atoms with E-state index in [1.165, 1.54) is 12.4 Å². The third-order valence-corrected chi connectivity index (χ3v) is 4.96. The van der Waals surface area contributed by atoms with Crippen LogP contribution in [0.3, 0.4) is 0 Å². The normalized spacial score (nSPS) is 17.1. The van der Waals surface area contributed by atoms with Gasteiger partial charge in [-0.25, -0.2) is 28.7 Å². The second-order valence-electron chi connectivity index (χ2n) is 6.65. The molecule has 1 saturated heterocycles. The van der Waals surface area contributed by atoms with E-state index in [0.717, 1.165) is 31.0 Å². The van der Waals surface area contributed by atoms with Crippen molar-refractivity contribution in [2.75, 3.05) is 18.0 Å². The zero-order valence-corrected chi connectivity index (χ0v) is 14.7. The number of rotatable bonds is 4. The maximum atomic E-state index is 13.0. The number of aromatic nitrogens is 7. The average molecular weight is 382 g/mol. The summed E-state index contributed by atoms with van der Waals surface area (Å²) in [6.45, 7) is 1.68. The van der Waals surface area contributed by atoms with Crippen molar-refractivity contribution in [1.82, 2.24) is 34.5 Å². The smallest absolute Gasteiger partial charge is 0.281 e. The van der Waals surface area contributed by atoms with Crippen LogP contribution in [0.1, 0.15) is 30.2 Å². The summed E-state index contributed by atoms with van der Waals surface area (Å²) in [5, 5.41) is 7.13. The van der Waals surface area contributed by atoms with Crippen molar-refractivity contribution in [3.05, 3.63) is 54.5 Å². The Bertz CT molecular complexity index is 1110. The van der Waals surface area contributed by atoms with Crippen LogP contribution in [0, 0.1) is 0 Å². The molecule has 0 radical (unpaired) electrons. The summed E-state index contributed by atoms with van der Waals surface area (Å²) in [6, 6.07) is 3.85. The molecule has 0 saturated carbocycles. The Morgan fingerprint density at radius 1 is 1.14 bits per heavy atom. The van der Waals surface area contributed by atoms with Crippen LogP contribution < -0.4 is 4.90 Å². The molecule has 0 aromatic carbocycles. The van der Waals surface area contributed by atoms with E-state index in [4.69, 9.17) is 0 Å². The van der Waals surface area contributed by atoms with Crippen molar-refractivity contribution in [3.63, 3.8) is 0 Å². The molecule has 5 rings (SSSR count). The molecule has 0 amide bonds. The maximum Gasteiger partial charge on any atom is 0.281 e. The second kappa shape index (κ2) is 6.63. The Kier molecular flexibility index (Phi) is 3.96. The number of halogens is 2. The Hall–Kier alpha value is -3.43. The van der Waals surface area contributed by atoms with E-state index in [-0.39, 0.29) is 5.69 Å². The standard InChI is InChI=1S/C18H16F2N8/c19-17(20)13-10-28-14(7-23-16(28)8-22-13)18-21-4-2-15(25-18)27-6-3-11(9-27)12-1-5-24-26-12/h1-2,4-5,7-8,10-11,17H,3,6,9H2,(H,24,26). The van der Waals surface area contributed by atoms with Gasteiger partial charge in [-0.3, -0.25) is 9.50 Å². The van der Waals surface area contributed by atoms with Gasteiger partial charge in [-0.2, -0.15) is 5.10 Å². The molecule has 0 bridgehead atoms. The van der Waals surface area contributed by atoms with Crippen molar-refractivity contribution in [2.45, 2.75) is 18.8 Å². The van der Waals surface area contributed by atoms with Gasteiger partial charge in [-0.05, 0) is 18.6 Å². The van der Waals surface area contributed by atoms with E-state index in [9.17, 15) is 8.78 Å². The van der Waals surface area contributed by atoms with Crippen molar-refractivity contribution >= 4 is 11.5 Å². The van der Waals surface area contributed by atoms with Crippen molar-refractivity contribution in [1.29, 1.82) is 0 Å². The lowest BCUT2D eigenvalue weighted by Gasteiger charge is -2.17. The minimum Gasteiger partial charge on any atom is -0.356 e. The molecule has 5 heterocycles. The summed E-state index contributed by atoms with van der Waals surface area (Å²) in [5.74, 6) is 1.57. The zero-order valence-electron chi connectivity index (χ0n) is 14.7. The van der Waals surface area contributed by atoms with Gasteiger partial charge in [0.15, 0.2) is 11.5 Å². The first-order valence-corrected chi connectivity index (χ1v) is 8.88. The van der Waals surface area contributed by atoms with E-state index < -0.39 is 6.43 Å². The highest BCUT2D eigenvalue weighted by molar-refractivity contribution is 5.58. The van der Waals surface area contributed by atoms with Crippen LogP contribution >= 0.6 is 0 Å². The molecular weight excluding hydrogens is 366 g/mol. The highest BCUT2D eigenvalue weighted by atomic mass is 19.3. The van der Waals surface area contributed by atoms with E-state index in [2.05, 4.69) is 35.0 Å². The quantitative estimate of drug-likeness (QED) is 0.584. The summed E-state index contributed by atoms with van der Waals surface area (Å²) in [5.41, 5.74) is 1.74. The fourth-order valence-electron chi connectivity index (χ4n) is 3.54. The van der Waals surface area contributed by atoms with Crippen LogP contribution in [-0.4, -0.2) is 47.6 Å². The first kappa shape index (κ1) is 16.7. The summed E-state index contributed by atoms with van der Waals surface area (Å²) >= 11 is 0. The third-order valence-electron chi connectivity index (χ3n) is 4.96. The lowest BCUT2D eigenvalue weighted by Crippen LogP contribution is -2.20. The average Bonchev–Trinajstić information content (AvgIpc) is 3.47. The summed E-state index contributed by atoms with van der Waals surface area (Å²) < 4.78 is 27.6. The van der Waals surface area contributed by atoms with Gasteiger partial charge in [0.25, 0.3) is 6.43 Å². The van der Waals surface area contributed by atoms with Gasteiger partial charge in [0.2, 0.25) is 0 Å². The van der Waals surface area contributed by atoms with Crippen LogP contribution in [0.25, 0.3) is 17.2 Å². The molecule has 28 heavy (non-hydrogen) atoms. The minimum absolute atomic E-state index is 0.315. The number of alkyl halides is 2. The molecule has 1 N–H and O–H groups in total. The zero-order chi connectivity index (χ0) is 19.1. The topological polar surface area (TPSA) is 87.9 Å². The molecule has 4 aromatic rings. The molecule has 0 spiro atoms. The first-order chi connectivity index (χ1) is 13.7. The second-order valence-corrected chi connectivity index (χ2v) is 6.65. The number of nitrogens with zero attached hydrogens (tertiary/aromatic N) is 7. The van der Waals surface area contributed by atoms with Crippen molar-refractivity contribution < 1.29 is 8.78 Å². The predicted octanol–water partition coefficient (Wildman–Crippen LogP) is 2.84. The van der Waals surface area contributed by atoms with Crippen molar-refractivity contribution in [3.8, 4) is 11.5 Å². The maximum absolute atomic E-state index is 13.0. The fraction of sp³-hybridized carbons (Fsp3) is 0.278. The van der Waals surface area contributed by atoms with Crippen LogP contribution in [0.5, 0.6) is 0 Å². The first-order valence-electron chi connectivity index (χ1n) is 8.88. The number of nitrogens with one attached hydrogen (secondary N) is 1. The molecule has 10 heteroatoms. The van der Waals surface area contributed by atoms with Crippen molar-refractivity contribution in [2.24, 2.45) is 0 Å². The summed E-state index contributed by atoms with van der Waals surface area (Å²) in [6.07, 6.45) is 6.01. The third kappa shape index (κ3) is 2.86. The van der Waals surface area contributed by atoms with Gasteiger partial charge >= 0.3 is 0 Å². The molecular formula is C18H16F2N8. The molecule has 0 aliphatic carbocycles. The van der Waals surface area contributed by atoms with Crippen LogP contribution in [0.4, 0.5) is 14.6 Å². The van der Waals surface area contributed by atoms with Gasteiger partial charge in [-0.1, -0.05) is 0 Å². The Balaban J connectivity index is 1.46. The molecule has 4 aromatic heterocycles. The van der Waals surface area contributed by atoms with Gasteiger partial charge in [-0.15, -0.1) is 0 Å². The lowest BCUT2D eigenvalue weighted by molar-refractivity contribution is 0.145. The molecule has 1 aliphatic heterocycles. The van der Waals surface area contributed by atoms with Crippen LogP contribution in [0.2, 0.25) is 0 Å². The number of hydrogen-bond acceptors (Lipinski definition) is 6. The number of hydrogen-bond donors (Lipinski definition) is 1. The Labute approximate surface area is 158 Å². The van der Waals surface area contributed by atoms with Gasteiger partial charge in [0.05, 0.1) is 18.1 Å². The summed E-state index contributed by atoms with van der Waals surface area (Å²) in [4.78, 5) is 19.1. The number of H-pyrrole nitrogens is 1. The van der Waals surface area contributed by atoms with Crippen LogP contribution in [0.15, 0.2) is 43.1 Å². The number of fused-ring (bicyclic) bond motifs is 1. The SMILES string of the molecule is FC(F)c1cn2c(-c3nccc(N4CCC(c5cc[nH]n5)C4)n3)cnc2cn1. The summed E-state index contributed by atoms with van der Waals surface area (Å²) in [7, 11) is 0. The highest BCUT2D eigenvalue weighted by Gasteiger charge is 2.26. The largest absolute Gasteiger partial charge is 0.356 e. The van der Waals surface area contributed by atoms with Gasteiger partial charge < -0.3 is 4.90 Å². The molecule has 1 aliphatic rings. The Morgan fingerprint density at radius 2 is 2.07 bits per heavy atom.